The molecule has 0 bridgehead atoms. The molecule has 1 atom stereocenters. The number of methoxy groups -OCH3 is 1. The van der Waals surface area contributed by atoms with Crippen molar-refractivity contribution in [2.75, 3.05) is 7.11 Å². The maximum atomic E-state index is 9.10. The Labute approximate surface area is 156 Å². The van der Waals surface area contributed by atoms with Gasteiger partial charge in [-0.25, -0.2) is 0 Å². The van der Waals surface area contributed by atoms with Gasteiger partial charge >= 0.3 is 0 Å². The summed E-state index contributed by atoms with van der Waals surface area (Å²) in [6, 6.07) is 19.4. The predicted molar refractivity (Wildman–Crippen MR) is 99.6 cm³/mol. The molecule has 26 heavy (non-hydrogen) atoms. The van der Waals surface area contributed by atoms with Crippen molar-refractivity contribution < 1.29 is 9.47 Å². The van der Waals surface area contributed by atoms with E-state index in [1.165, 1.54) is 11.8 Å². The molecular weight excluding hydrogens is 348 g/mol. The van der Waals surface area contributed by atoms with Gasteiger partial charge in [-0.1, -0.05) is 30.0 Å². The Balaban J connectivity index is 1.85. The van der Waals surface area contributed by atoms with E-state index in [1.807, 2.05) is 66.1 Å². The first-order valence-corrected chi connectivity index (χ1v) is 8.92. The first kappa shape index (κ1) is 17.8. The maximum Gasteiger partial charge on any atom is 0.197 e. The minimum atomic E-state index is -0.225. The molecule has 0 aliphatic carbocycles. The molecular formula is C19H18N4O2S. The van der Waals surface area contributed by atoms with Crippen LogP contribution in [0.1, 0.15) is 12.7 Å². The van der Waals surface area contributed by atoms with Crippen molar-refractivity contribution in [1.29, 1.82) is 5.26 Å². The Kier molecular flexibility index (Phi) is 5.77. The zero-order chi connectivity index (χ0) is 18.4. The summed E-state index contributed by atoms with van der Waals surface area (Å²) in [5.41, 5.74) is 0.929. The number of nitrogens with zero attached hydrogens (tertiary/aromatic N) is 4. The van der Waals surface area contributed by atoms with Gasteiger partial charge in [-0.05, 0) is 43.3 Å². The molecule has 1 aromatic heterocycles. The van der Waals surface area contributed by atoms with Gasteiger partial charge in [0.2, 0.25) is 0 Å². The van der Waals surface area contributed by atoms with E-state index in [2.05, 4.69) is 16.3 Å². The van der Waals surface area contributed by atoms with Crippen LogP contribution in [0.5, 0.6) is 11.5 Å². The van der Waals surface area contributed by atoms with Crippen LogP contribution in [0, 0.1) is 11.3 Å². The van der Waals surface area contributed by atoms with Crippen molar-refractivity contribution in [1.82, 2.24) is 14.8 Å². The molecule has 0 N–H and O–H groups in total. The van der Waals surface area contributed by atoms with Crippen LogP contribution < -0.4 is 9.47 Å². The van der Waals surface area contributed by atoms with E-state index < -0.39 is 0 Å². The van der Waals surface area contributed by atoms with Crippen molar-refractivity contribution in [2.45, 2.75) is 23.9 Å². The van der Waals surface area contributed by atoms with Crippen LogP contribution in [-0.4, -0.2) is 27.1 Å². The Bertz CT molecular complexity index is 888. The first-order chi connectivity index (χ1) is 12.7. The van der Waals surface area contributed by atoms with Crippen LogP contribution in [0.15, 0.2) is 59.8 Å². The van der Waals surface area contributed by atoms with Crippen molar-refractivity contribution in [2.24, 2.45) is 0 Å². The Morgan fingerprint density at radius 2 is 1.77 bits per heavy atom. The summed E-state index contributed by atoms with van der Waals surface area (Å²) >= 11 is 1.37. The van der Waals surface area contributed by atoms with E-state index in [0.717, 1.165) is 11.4 Å². The number of para-hydroxylation sites is 1. The second-order valence-corrected chi connectivity index (χ2v) is 6.73. The van der Waals surface area contributed by atoms with Gasteiger partial charge < -0.3 is 9.47 Å². The van der Waals surface area contributed by atoms with Gasteiger partial charge in [0.1, 0.15) is 18.1 Å². The molecule has 2 aromatic carbocycles. The molecule has 132 valence electrons. The van der Waals surface area contributed by atoms with Crippen molar-refractivity contribution in [3.05, 3.63) is 60.4 Å². The number of nitriles is 1. The van der Waals surface area contributed by atoms with Gasteiger partial charge in [0.05, 0.1) is 18.4 Å². The SMILES string of the molecule is COc1ccc(OCc2nnc(SC(C)C#N)n2-c2ccccc2)cc1. The molecule has 7 heteroatoms. The molecule has 0 radical (unpaired) electrons. The van der Waals surface area contributed by atoms with Crippen molar-refractivity contribution >= 4 is 11.8 Å². The van der Waals surface area contributed by atoms with Gasteiger partial charge in [0.15, 0.2) is 11.0 Å². The van der Waals surface area contributed by atoms with Crippen molar-refractivity contribution in [3.63, 3.8) is 0 Å². The number of benzene rings is 2. The standard InChI is InChI=1S/C19H18N4O2S/c1-14(12-20)26-19-22-21-18(23(19)15-6-4-3-5-7-15)13-25-17-10-8-16(24-2)9-11-17/h3-11,14H,13H2,1-2H3. The highest BCUT2D eigenvalue weighted by Crippen LogP contribution is 2.26. The largest absolute Gasteiger partial charge is 0.497 e. The minimum absolute atomic E-state index is 0.225. The third-order valence-electron chi connectivity index (χ3n) is 3.61. The van der Waals surface area contributed by atoms with E-state index in [-0.39, 0.29) is 11.9 Å². The quantitative estimate of drug-likeness (QED) is 0.591. The molecule has 3 rings (SSSR count). The van der Waals surface area contributed by atoms with Crippen LogP contribution in [0.3, 0.4) is 0 Å². The van der Waals surface area contributed by atoms with Crippen molar-refractivity contribution in [3.8, 4) is 23.3 Å². The summed E-state index contributed by atoms with van der Waals surface area (Å²) in [5, 5.41) is 18.0. The third-order valence-corrected chi connectivity index (χ3v) is 4.54. The Hall–Kier alpha value is -2.98. The number of thioether (sulfide) groups is 1. The molecule has 0 aliphatic heterocycles. The summed E-state index contributed by atoms with van der Waals surface area (Å²) in [4.78, 5) is 0. The lowest BCUT2D eigenvalue weighted by molar-refractivity contribution is 0.292. The molecule has 0 aliphatic rings. The topological polar surface area (TPSA) is 73.0 Å². The lowest BCUT2D eigenvalue weighted by Gasteiger charge is -2.11. The monoisotopic (exact) mass is 366 g/mol. The number of hydrogen-bond acceptors (Lipinski definition) is 6. The van der Waals surface area contributed by atoms with E-state index in [1.54, 1.807) is 7.11 Å². The third kappa shape index (κ3) is 4.16. The summed E-state index contributed by atoms with van der Waals surface area (Å²) in [6.45, 7) is 2.10. The lowest BCUT2D eigenvalue weighted by Crippen LogP contribution is -2.07. The minimum Gasteiger partial charge on any atom is -0.497 e. The normalized spacial score (nSPS) is 11.6. The predicted octanol–water partition coefficient (Wildman–Crippen LogP) is 3.86. The Morgan fingerprint density at radius 1 is 1.08 bits per heavy atom. The number of rotatable bonds is 7. The zero-order valence-electron chi connectivity index (χ0n) is 14.5. The molecule has 0 fully saturated rings. The summed E-state index contributed by atoms with van der Waals surface area (Å²) in [7, 11) is 1.62. The van der Waals surface area contributed by atoms with Crippen LogP contribution in [0.4, 0.5) is 0 Å². The molecule has 0 amide bonds. The maximum absolute atomic E-state index is 9.10. The van der Waals surface area contributed by atoms with E-state index in [0.29, 0.717) is 16.7 Å². The highest BCUT2D eigenvalue weighted by atomic mass is 32.2. The van der Waals surface area contributed by atoms with Gasteiger partial charge in [-0.2, -0.15) is 5.26 Å². The number of hydrogen-bond donors (Lipinski definition) is 0. The second kappa shape index (κ2) is 8.41. The molecule has 6 nitrogen and oxygen atoms in total. The zero-order valence-corrected chi connectivity index (χ0v) is 15.3. The highest BCUT2D eigenvalue weighted by Gasteiger charge is 2.17. The summed E-state index contributed by atoms with van der Waals surface area (Å²) in [6.07, 6.45) is 0. The van der Waals surface area contributed by atoms with Gasteiger partial charge in [-0.3, -0.25) is 4.57 Å². The summed E-state index contributed by atoms with van der Waals surface area (Å²) in [5.74, 6) is 2.15. The second-order valence-electron chi connectivity index (χ2n) is 5.42. The van der Waals surface area contributed by atoms with Gasteiger partial charge in [0, 0.05) is 5.69 Å². The fourth-order valence-electron chi connectivity index (χ4n) is 2.31. The fourth-order valence-corrected chi connectivity index (χ4v) is 3.08. The molecule has 0 saturated heterocycles. The highest BCUT2D eigenvalue weighted by molar-refractivity contribution is 8.00. The molecule has 0 spiro atoms. The van der Waals surface area contributed by atoms with Crippen LogP contribution in [0.25, 0.3) is 5.69 Å². The van der Waals surface area contributed by atoms with Crippen LogP contribution in [0.2, 0.25) is 0 Å². The molecule has 0 saturated carbocycles. The smallest absolute Gasteiger partial charge is 0.197 e. The lowest BCUT2D eigenvalue weighted by atomic mass is 10.3. The Morgan fingerprint density at radius 3 is 2.42 bits per heavy atom. The average molecular weight is 366 g/mol. The van der Waals surface area contributed by atoms with E-state index >= 15 is 0 Å². The van der Waals surface area contributed by atoms with Gasteiger partial charge in [-0.15, -0.1) is 10.2 Å². The molecule has 1 heterocycles. The van der Waals surface area contributed by atoms with E-state index in [9.17, 15) is 0 Å². The molecule has 3 aromatic rings. The van der Waals surface area contributed by atoms with Crippen LogP contribution >= 0.6 is 11.8 Å². The fraction of sp³-hybridized carbons (Fsp3) is 0.211. The average Bonchev–Trinajstić information content (AvgIpc) is 3.09. The number of aromatic nitrogens is 3. The summed E-state index contributed by atoms with van der Waals surface area (Å²) < 4.78 is 12.9. The van der Waals surface area contributed by atoms with Crippen LogP contribution in [-0.2, 0) is 6.61 Å². The van der Waals surface area contributed by atoms with E-state index in [4.69, 9.17) is 14.7 Å². The van der Waals surface area contributed by atoms with Gasteiger partial charge in [0.25, 0.3) is 0 Å². The molecule has 1 unspecified atom stereocenters. The number of ether oxygens (including phenoxy) is 2. The first-order valence-electron chi connectivity index (χ1n) is 8.04.